The van der Waals surface area contributed by atoms with Gasteiger partial charge in [-0.1, -0.05) is 0 Å². The largest absolute Gasteiger partial charge is 1.00 e. The first-order valence-corrected chi connectivity index (χ1v) is 0.418. The Bertz CT molecular complexity index is 7.51. The maximum absolute atomic E-state index is 6.85. The second-order valence-electron chi connectivity index (χ2n) is 0.105. The average molecular weight is 85.1 g/mol. The van der Waals surface area contributed by atoms with Crippen LogP contribution < -0.4 is 5.90 Å². The van der Waals surface area contributed by atoms with E-state index >= 15 is 0 Å². The van der Waals surface area contributed by atoms with Crippen LogP contribution in [0.5, 0.6) is 0 Å². The molecule has 36 valence electrons. The van der Waals surface area contributed by atoms with E-state index in [2.05, 4.69) is 10.9 Å². The van der Waals surface area contributed by atoms with E-state index in [0.29, 0.717) is 0 Å². The maximum Gasteiger partial charge on any atom is 1.00 e. The molecule has 0 saturated carbocycles. The molecule has 0 unspecified atom stereocenters. The molecule has 0 rings (SSSR count). The molecule has 0 bridgehead atoms. The Morgan fingerprint density at radius 3 is 1.80 bits per heavy atom. The summed E-state index contributed by atoms with van der Waals surface area (Å²) in [6.45, 7) is 0. The Balaban J connectivity index is -0.00000000667. The van der Waals surface area contributed by atoms with Gasteiger partial charge in [0.25, 0.3) is 0 Å². The molecule has 6 N–H and O–H groups in total. The highest BCUT2D eigenvalue weighted by Gasteiger charge is 1.24. The predicted octanol–water partition coefficient (Wildman–Crippen LogP) is -1.54. The second-order valence-corrected chi connectivity index (χ2v) is 0.105. The van der Waals surface area contributed by atoms with Gasteiger partial charge in [-0.25, -0.2) is 5.26 Å². The van der Waals surface area contributed by atoms with Crippen LogP contribution in [0.3, 0.4) is 0 Å². The van der Waals surface area contributed by atoms with Crippen molar-refractivity contribution in [2.45, 2.75) is 0 Å². The molecule has 0 heterocycles. The van der Waals surface area contributed by atoms with Crippen molar-refractivity contribution < 1.29 is 22.6 Å². The summed E-state index contributed by atoms with van der Waals surface area (Å²) >= 11 is 0. The summed E-state index contributed by atoms with van der Waals surface area (Å²) in [5.74, 6) is 3.90. The average Bonchev–Trinajstić information content (AvgIpc) is 0.918. The van der Waals surface area contributed by atoms with E-state index < -0.39 is 0 Å². The van der Waals surface area contributed by atoms with Gasteiger partial charge < -0.3 is 11.0 Å². The van der Waals surface area contributed by atoms with Crippen molar-refractivity contribution in [1.82, 2.24) is 0 Å². The van der Waals surface area contributed by atoms with Crippen LogP contribution in [0.4, 0.5) is 0 Å². The summed E-state index contributed by atoms with van der Waals surface area (Å²) in [5, 5.41) is 6.85. The van der Waals surface area contributed by atoms with Gasteiger partial charge >= 0.3 is 1.43 Å². The van der Waals surface area contributed by atoms with Crippen LogP contribution in [0.2, 0.25) is 0 Å². The first-order valence-electron chi connectivity index (χ1n) is 0.418. The van der Waals surface area contributed by atoms with Crippen molar-refractivity contribution in [2.24, 2.45) is 5.90 Å². The second kappa shape index (κ2) is 46.5. The van der Waals surface area contributed by atoms with Crippen LogP contribution in [0, 0.1) is 0 Å². The summed E-state index contributed by atoms with van der Waals surface area (Å²) in [6.07, 6.45) is 0. The zero-order chi connectivity index (χ0) is 2.71. The third-order valence-corrected chi connectivity index (χ3v) is 0. The summed E-state index contributed by atoms with van der Waals surface area (Å²) < 4.78 is 0. The smallest absolute Gasteiger partial charge is 0.870 e. The van der Waals surface area contributed by atoms with Crippen molar-refractivity contribution in [1.29, 1.82) is 0 Å². The van der Waals surface area contributed by atoms with E-state index in [1.54, 1.807) is 0 Å². The molecule has 0 atom stereocenters. The van der Waals surface area contributed by atoms with Crippen molar-refractivity contribution in [3.8, 4) is 0 Å². The van der Waals surface area contributed by atoms with E-state index in [9.17, 15) is 0 Å². The van der Waals surface area contributed by atoms with E-state index in [0.717, 1.165) is 0 Å². The van der Waals surface area contributed by atoms with Gasteiger partial charge in [-0.05, 0) is 0 Å². The minimum Gasteiger partial charge on any atom is -0.870 e. The van der Waals surface area contributed by atoms with Gasteiger partial charge in [0, 0.05) is 0 Å². The Hall–Kier alpha value is -0.200. The van der Waals surface area contributed by atoms with E-state index in [-0.39, 0.29) is 12.4 Å². The van der Waals surface area contributed by atoms with Crippen LogP contribution in [0.15, 0.2) is 0 Å². The lowest BCUT2D eigenvalue weighted by atomic mass is 13.5. The van der Waals surface area contributed by atoms with Crippen LogP contribution in [0.1, 0.15) is 1.43 Å². The topological polar surface area (TPSA) is 117 Å². The molecule has 0 aromatic heterocycles. The molecule has 0 aromatic rings. The maximum atomic E-state index is 6.85. The van der Waals surface area contributed by atoms with Gasteiger partial charge in [-0.3, -0.25) is 0 Å². The Kier molecular flexibility index (Phi) is 199. The fraction of sp³-hybridized carbons (Fsp3) is 0. The molecule has 0 spiro atoms. The lowest BCUT2D eigenvalue weighted by Crippen LogP contribution is -1.87. The van der Waals surface area contributed by atoms with Crippen LogP contribution in [-0.2, 0) is 4.99 Å². The predicted molar refractivity (Wildman–Crippen MR) is 14.6 cm³/mol. The standard InChI is InChI=1S/H3NO2.2H2O/c1-3-2;;/h2H,1H2;2*1H2. The van der Waals surface area contributed by atoms with Gasteiger partial charge in [0.2, 0.25) is 0 Å². The van der Waals surface area contributed by atoms with E-state index in [1.165, 1.54) is 0 Å². The fourth-order valence-electron chi connectivity index (χ4n) is 0. The molecular formula is H7NO4. The normalized spacial score (nSPS) is 3.60. The Morgan fingerprint density at radius 2 is 1.80 bits per heavy atom. The Morgan fingerprint density at radius 1 is 1.80 bits per heavy atom. The van der Waals surface area contributed by atoms with Gasteiger partial charge in [0.05, 0.1) is 0 Å². The third kappa shape index (κ3) is 308. The number of hydrogen-bond acceptors (Lipinski definition) is 4. The minimum absolute atomic E-state index is 0. The van der Waals surface area contributed by atoms with Gasteiger partial charge in [0.15, 0.2) is 0 Å². The molecule has 0 radical (unpaired) electrons. The monoisotopic (exact) mass is 85.0 g/mol. The van der Waals surface area contributed by atoms with Crippen molar-refractivity contribution in [2.75, 3.05) is 0 Å². The van der Waals surface area contributed by atoms with Gasteiger partial charge in [0.1, 0.15) is 0 Å². The summed E-state index contributed by atoms with van der Waals surface area (Å²) in [4.78, 5) is 2.75. The molecule has 5 heteroatoms. The quantitative estimate of drug-likeness (QED) is 0.273. The molecule has 5 heavy (non-hydrogen) atoms. The molecule has 0 aliphatic carbocycles. The lowest BCUT2D eigenvalue weighted by Gasteiger charge is -1.59. The van der Waals surface area contributed by atoms with Crippen molar-refractivity contribution in [3.63, 3.8) is 0 Å². The molecule has 0 aliphatic heterocycles. The van der Waals surface area contributed by atoms with Crippen LogP contribution in [0.25, 0.3) is 0 Å². The number of nitrogens with two attached hydrogens (primary N) is 1. The molecule has 0 saturated heterocycles. The van der Waals surface area contributed by atoms with Crippen molar-refractivity contribution in [3.05, 3.63) is 0 Å². The van der Waals surface area contributed by atoms with E-state index in [4.69, 9.17) is 5.26 Å². The highest BCUT2D eigenvalue weighted by molar-refractivity contribution is 2.97. The van der Waals surface area contributed by atoms with Gasteiger partial charge in [-0.2, -0.15) is 5.90 Å². The third-order valence-electron chi connectivity index (χ3n) is 0. The molecule has 5 nitrogen and oxygen atoms in total. The molecule has 0 aliphatic rings. The molecule has 0 fully saturated rings. The van der Waals surface area contributed by atoms with Crippen molar-refractivity contribution >= 4 is 0 Å². The molecule has 0 amide bonds. The van der Waals surface area contributed by atoms with Crippen LogP contribution >= 0.6 is 0 Å². The summed E-state index contributed by atoms with van der Waals surface area (Å²) in [7, 11) is 0. The summed E-state index contributed by atoms with van der Waals surface area (Å²) in [6, 6.07) is 0. The lowest BCUT2D eigenvalue weighted by molar-refractivity contribution is -0.247. The summed E-state index contributed by atoms with van der Waals surface area (Å²) in [5.41, 5.74) is 0. The highest BCUT2D eigenvalue weighted by Crippen LogP contribution is 1.11. The number of rotatable bonds is 0. The Labute approximate surface area is 30.0 Å². The van der Waals surface area contributed by atoms with Gasteiger partial charge in [-0.15, -0.1) is 4.99 Å². The fourth-order valence-corrected chi connectivity index (χ4v) is 0. The zero-order valence-electron chi connectivity index (χ0n) is 3.38. The highest BCUT2D eigenvalue weighted by atomic mass is 17.2. The minimum atomic E-state index is 0. The molecule has 0 aromatic carbocycles. The van der Waals surface area contributed by atoms with E-state index in [1.807, 2.05) is 0 Å². The zero-order valence-corrected chi connectivity index (χ0v) is 2.38. The SMILES string of the molecule is NOO.O.[H+].[OH-]. The first-order chi connectivity index (χ1) is 1.41. The first kappa shape index (κ1) is 21.4. The molecular weight excluding hydrogens is 78.0 g/mol. The number of hydrogen-bond donors (Lipinski definition) is 2. The van der Waals surface area contributed by atoms with Crippen LogP contribution in [-0.4, -0.2) is 16.2 Å².